The van der Waals surface area contributed by atoms with E-state index in [0.29, 0.717) is 12.1 Å². The van der Waals surface area contributed by atoms with Crippen molar-refractivity contribution in [3.05, 3.63) is 21.6 Å². The van der Waals surface area contributed by atoms with Gasteiger partial charge in [0.15, 0.2) is 5.13 Å². The van der Waals surface area contributed by atoms with Gasteiger partial charge in [0, 0.05) is 23.5 Å². The molecule has 0 aromatic carbocycles. The lowest BCUT2D eigenvalue weighted by Crippen LogP contribution is -2.38. The van der Waals surface area contributed by atoms with Crippen molar-refractivity contribution in [2.24, 2.45) is 0 Å². The Balaban J connectivity index is 2.31. The largest absolute Gasteiger partial charge is 0.294 e. The highest BCUT2D eigenvalue weighted by Gasteiger charge is 2.27. The van der Waals surface area contributed by atoms with Crippen molar-refractivity contribution in [1.29, 1.82) is 0 Å². The number of rotatable bonds is 1. The minimum absolute atomic E-state index is 0.0348. The molecular formula is C11H16FNS. The Kier molecular flexibility index (Phi) is 2.62. The van der Waals surface area contributed by atoms with Gasteiger partial charge in [0.05, 0.1) is 0 Å². The van der Waals surface area contributed by atoms with Crippen LogP contribution in [-0.4, -0.2) is 17.5 Å². The Labute approximate surface area is 88.5 Å². The molecule has 1 atom stereocenters. The number of thiophene rings is 1. The molecule has 1 unspecified atom stereocenters. The molecule has 78 valence electrons. The topological polar surface area (TPSA) is 3.24 Å². The summed E-state index contributed by atoms with van der Waals surface area (Å²) in [7, 11) is 0. The molecule has 0 radical (unpaired) electrons. The highest BCUT2D eigenvalue weighted by molar-refractivity contribution is 7.10. The van der Waals surface area contributed by atoms with E-state index in [9.17, 15) is 4.39 Å². The van der Waals surface area contributed by atoms with E-state index in [1.54, 1.807) is 6.07 Å². The Morgan fingerprint density at radius 3 is 2.93 bits per heavy atom. The second-order valence-electron chi connectivity index (χ2n) is 4.19. The summed E-state index contributed by atoms with van der Waals surface area (Å²) >= 11 is 1.31. The normalized spacial score (nSPS) is 22.8. The lowest BCUT2D eigenvalue weighted by molar-refractivity contribution is 0.156. The van der Waals surface area contributed by atoms with Crippen LogP contribution in [0.4, 0.5) is 4.39 Å². The number of hydrogen-bond donors (Lipinski definition) is 0. The van der Waals surface area contributed by atoms with Gasteiger partial charge in [0.2, 0.25) is 0 Å². The fourth-order valence-electron chi connectivity index (χ4n) is 2.27. The van der Waals surface area contributed by atoms with Crippen molar-refractivity contribution in [2.45, 2.75) is 39.3 Å². The highest BCUT2D eigenvalue weighted by Crippen LogP contribution is 2.35. The van der Waals surface area contributed by atoms with Crippen LogP contribution in [0.2, 0.25) is 0 Å². The van der Waals surface area contributed by atoms with Gasteiger partial charge in [-0.3, -0.25) is 4.90 Å². The SMILES string of the molecule is CC(C)N1CCc2sc(F)cc2C1C. The standard InChI is InChI=1S/C11H16FNS/c1-7(2)13-5-4-10-9(8(13)3)6-11(12)14-10/h6-8H,4-5H2,1-3H3. The molecule has 1 aliphatic rings. The zero-order valence-corrected chi connectivity index (χ0v) is 9.70. The van der Waals surface area contributed by atoms with Crippen molar-refractivity contribution in [3.63, 3.8) is 0 Å². The third-order valence-corrected chi connectivity index (χ3v) is 4.02. The van der Waals surface area contributed by atoms with Gasteiger partial charge in [-0.25, -0.2) is 0 Å². The van der Waals surface area contributed by atoms with E-state index in [4.69, 9.17) is 0 Å². The van der Waals surface area contributed by atoms with Gasteiger partial charge in [0.25, 0.3) is 0 Å². The van der Waals surface area contributed by atoms with Gasteiger partial charge in [-0.05, 0) is 38.8 Å². The van der Waals surface area contributed by atoms with Crippen molar-refractivity contribution in [2.75, 3.05) is 6.54 Å². The molecule has 0 saturated heterocycles. The zero-order chi connectivity index (χ0) is 10.3. The average Bonchev–Trinajstić information content (AvgIpc) is 2.46. The van der Waals surface area contributed by atoms with Crippen LogP contribution in [0.3, 0.4) is 0 Å². The van der Waals surface area contributed by atoms with Crippen LogP contribution in [0, 0.1) is 5.13 Å². The predicted octanol–water partition coefficient (Wildman–Crippen LogP) is 3.21. The Bertz CT molecular complexity index is 332. The van der Waals surface area contributed by atoms with Gasteiger partial charge in [-0.1, -0.05) is 0 Å². The smallest absolute Gasteiger partial charge is 0.176 e. The molecule has 0 amide bonds. The minimum atomic E-state index is -0.0348. The number of fused-ring (bicyclic) bond motifs is 1. The van der Waals surface area contributed by atoms with E-state index in [-0.39, 0.29) is 5.13 Å². The van der Waals surface area contributed by atoms with Gasteiger partial charge < -0.3 is 0 Å². The lowest BCUT2D eigenvalue weighted by Gasteiger charge is -2.36. The van der Waals surface area contributed by atoms with E-state index in [0.717, 1.165) is 13.0 Å². The summed E-state index contributed by atoms with van der Waals surface area (Å²) in [4.78, 5) is 3.67. The predicted molar refractivity (Wildman–Crippen MR) is 58.2 cm³/mol. The fraction of sp³-hybridized carbons (Fsp3) is 0.636. The van der Waals surface area contributed by atoms with Crippen molar-refractivity contribution < 1.29 is 4.39 Å². The second kappa shape index (κ2) is 3.63. The van der Waals surface area contributed by atoms with Crippen molar-refractivity contribution in [3.8, 4) is 0 Å². The molecule has 0 fully saturated rings. The van der Waals surface area contributed by atoms with Crippen LogP contribution in [-0.2, 0) is 6.42 Å². The van der Waals surface area contributed by atoms with Crippen LogP contribution in [0.1, 0.15) is 37.3 Å². The van der Waals surface area contributed by atoms with Gasteiger partial charge >= 0.3 is 0 Å². The van der Waals surface area contributed by atoms with Gasteiger partial charge in [-0.15, -0.1) is 11.3 Å². The highest BCUT2D eigenvalue weighted by atomic mass is 32.1. The van der Waals surface area contributed by atoms with Crippen LogP contribution in [0.25, 0.3) is 0 Å². The Morgan fingerprint density at radius 1 is 1.57 bits per heavy atom. The summed E-state index contributed by atoms with van der Waals surface area (Å²) in [5.41, 5.74) is 1.20. The van der Waals surface area contributed by atoms with E-state index >= 15 is 0 Å². The fourth-order valence-corrected chi connectivity index (χ4v) is 3.23. The van der Waals surface area contributed by atoms with Crippen LogP contribution >= 0.6 is 11.3 Å². The first-order valence-electron chi connectivity index (χ1n) is 5.13. The van der Waals surface area contributed by atoms with Crippen molar-refractivity contribution in [1.82, 2.24) is 4.90 Å². The summed E-state index contributed by atoms with van der Waals surface area (Å²) in [6, 6.07) is 2.62. The molecule has 1 aliphatic heterocycles. The first-order valence-corrected chi connectivity index (χ1v) is 5.95. The molecule has 0 aliphatic carbocycles. The summed E-state index contributed by atoms with van der Waals surface area (Å²) < 4.78 is 13.1. The van der Waals surface area contributed by atoms with Gasteiger partial charge in [-0.2, -0.15) is 4.39 Å². The van der Waals surface area contributed by atoms with Gasteiger partial charge in [0.1, 0.15) is 0 Å². The van der Waals surface area contributed by atoms with Crippen molar-refractivity contribution >= 4 is 11.3 Å². The molecule has 1 aromatic heterocycles. The quantitative estimate of drug-likeness (QED) is 0.692. The summed E-state index contributed by atoms with van der Waals surface area (Å²) in [5, 5.41) is -0.0348. The monoisotopic (exact) mass is 213 g/mol. The second-order valence-corrected chi connectivity index (χ2v) is 5.27. The summed E-state index contributed by atoms with van der Waals surface area (Å²) in [6.07, 6.45) is 1.01. The molecule has 0 N–H and O–H groups in total. The maximum absolute atomic E-state index is 13.1. The number of halogens is 1. The third-order valence-electron chi connectivity index (χ3n) is 3.02. The first-order chi connectivity index (χ1) is 6.59. The third kappa shape index (κ3) is 1.59. The van der Waals surface area contributed by atoms with Crippen LogP contribution < -0.4 is 0 Å². The minimum Gasteiger partial charge on any atom is -0.294 e. The molecule has 14 heavy (non-hydrogen) atoms. The maximum Gasteiger partial charge on any atom is 0.176 e. The summed E-state index contributed by atoms with van der Waals surface area (Å²) in [5.74, 6) is 0. The molecule has 3 heteroatoms. The molecule has 1 aromatic rings. The average molecular weight is 213 g/mol. The summed E-state index contributed by atoms with van der Waals surface area (Å²) in [6.45, 7) is 7.63. The molecule has 2 rings (SSSR count). The maximum atomic E-state index is 13.1. The van der Waals surface area contributed by atoms with E-state index < -0.39 is 0 Å². The number of nitrogens with zero attached hydrogens (tertiary/aromatic N) is 1. The Morgan fingerprint density at radius 2 is 2.29 bits per heavy atom. The molecule has 0 bridgehead atoms. The lowest BCUT2D eigenvalue weighted by atomic mass is 10.00. The molecular weight excluding hydrogens is 197 g/mol. The number of hydrogen-bond acceptors (Lipinski definition) is 2. The molecule has 2 heterocycles. The first kappa shape index (κ1) is 10.1. The van der Waals surface area contributed by atoms with E-state index in [1.165, 1.54) is 21.8 Å². The van der Waals surface area contributed by atoms with Crippen LogP contribution in [0.15, 0.2) is 6.07 Å². The molecule has 0 saturated carbocycles. The van der Waals surface area contributed by atoms with Crippen LogP contribution in [0.5, 0.6) is 0 Å². The molecule has 1 nitrogen and oxygen atoms in total. The van der Waals surface area contributed by atoms with E-state index in [1.807, 2.05) is 0 Å². The van der Waals surface area contributed by atoms with E-state index in [2.05, 4.69) is 25.7 Å². The molecule has 0 spiro atoms. The Hall–Kier alpha value is -0.410. The zero-order valence-electron chi connectivity index (χ0n) is 8.88.